The van der Waals surface area contributed by atoms with Gasteiger partial charge in [0.1, 0.15) is 5.82 Å². The molecule has 1 aliphatic carbocycles. The third-order valence-corrected chi connectivity index (χ3v) is 9.04. The van der Waals surface area contributed by atoms with E-state index in [-0.39, 0.29) is 0 Å². The van der Waals surface area contributed by atoms with Gasteiger partial charge in [0.15, 0.2) is 0 Å². The molecule has 6 aromatic carbocycles. The van der Waals surface area contributed by atoms with E-state index in [1.165, 1.54) is 27.8 Å². The summed E-state index contributed by atoms with van der Waals surface area (Å²) >= 11 is 0. The first-order valence-electron chi connectivity index (χ1n) is 16.4. The standard InChI is InChI=1S/C46H34N2/c1-33(34-16-5-2-6-17-34)41-24-11-12-25-42(41)45(39-23-15-22-38(32-39)35-18-7-3-8-19-35)36-28-30-40(31-29-36)48-44-27-14-13-26-43(44)47-46(48)37-20-9-4-10-21-37/h2-22,24-32H,1,23H2/b45-39+. The van der Waals surface area contributed by atoms with Crippen molar-refractivity contribution >= 4 is 27.8 Å². The molecule has 0 unspecified atom stereocenters. The molecule has 0 amide bonds. The molecule has 8 rings (SSSR count). The summed E-state index contributed by atoms with van der Waals surface area (Å²) in [7, 11) is 0. The SMILES string of the molecule is C=C(c1ccccc1)c1ccccc1/C(=C1/C=C(c2ccccc2)C=CC1)c1ccc(-n2c(-c3ccccc3)nc3ccccc32)cc1. The van der Waals surface area contributed by atoms with Crippen molar-refractivity contribution in [1.29, 1.82) is 0 Å². The Labute approximate surface area is 282 Å². The Morgan fingerprint density at radius 3 is 1.90 bits per heavy atom. The Balaban J connectivity index is 1.31. The first-order valence-corrected chi connectivity index (χ1v) is 16.4. The zero-order valence-corrected chi connectivity index (χ0v) is 26.6. The average molecular weight is 615 g/mol. The highest BCUT2D eigenvalue weighted by atomic mass is 15.1. The molecule has 0 bridgehead atoms. The van der Waals surface area contributed by atoms with Crippen molar-refractivity contribution in [3.05, 3.63) is 222 Å². The third kappa shape index (κ3) is 5.55. The number of fused-ring (bicyclic) bond motifs is 1. The lowest BCUT2D eigenvalue weighted by Gasteiger charge is -2.21. The van der Waals surface area contributed by atoms with Gasteiger partial charge in [0.2, 0.25) is 0 Å². The fourth-order valence-electron chi connectivity index (χ4n) is 6.71. The topological polar surface area (TPSA) is 17.8 Å². The summed E-state index contributed by atoms with van der Waals surface area (Å²) in [6.45, 7) is 4.59. The van der Waals surface area contributed by atoms with Crippen LogP contribution in [-0.4, -0.2) is 9.55 Å². The minimum atomic E-state index is 0.837. The Kier molecular flexibility index (Phi) is 7.82. The minimum Gasteiger partial charge on any atom is -0.292 e. The molecular weight excluding hydrogens is 581 g/mol. The van der Waals surface area contributed by atoms with Crippen LogP contribution in [0.1, 0.15) is 34.2 Å². The van der Waals surface area contributed by atoms with E-state index in [9.17, 15) is 0 Å². The summed E-state index contributed by atoms with van der Waals surface area (Å²) in [5.74, 6) is 0.931. The highest BCUT2D eigenvalue weighted by Crippen LogP contribution is 2.39. The summed E-state index contributed by atoms with van der Waals surface area (Å²) in [5, 5.41) is 0. The maximum absolute atomic E-state index is 5.06. The van der Waals surface area contributed by atoms with Gasteiger partial charge in [0, 0.05) is 11.3 Å². The minimum absolute atomic E-state index is 0.837. The van der Waals surface area contributed by atoms with Gasteiger partial charge >= 0.3 is 0 Å². The molecule has 0 atom stereocenters. The van der Waals surface area contributed by atoms with E-state index < -0.39 is 0 Å². The van der Waals surface area contributed by atoms with Crippen LogP contribution in [0.3, 0.4) is 0 Å². The zero-order chi connectivity index (χ0) is 32.3. The number of nitrogens with zero attached hydrogens (tertiary/aromatic N) is 2. The van der Waals surface area contributed by atoms with Crippen LogP contribution in [0.15, 0.2) is 194 Å². The van der Waals surface area contributed by atoms with Gasteiger partial charge in [0.05, 0.1) is 11.0 Å². The van der Waals surface area contributed by atoms with Crippen LogP contribution in [0.2, 0.25) is 0 Å². The zero-order valence-electron chi connectivity index (χ0n) is 26.6. The lowest BCUT2D eigenvalue weighted by Crippen LogP contribution is -2.02. The van der Waals surface area contributed by atoms with E-state index in [0.717, 1.165) is 56.8 Å². The Morgan fingerprint density at radius 2 is 1.17 bits per heavy atom. The lowest BCUT2D eigenvalue weighted by atomic mass is 9.83. The predicted octanol–water partition coefficient (Wildman–Crippen LogP) is 11.6. The fourth-order valence-corrected chi connectivity index (χ4v) is 6.71. The summed E-state index contributed by atoms with van der Waals surface area (Å²) in [6, 6.07) is 57.5. The molecule has 0 aliphatic heterocycles. The number of benzene rings is 6. The highest BCUT2D eigenvalue weighted by molar-refractivity contribution is 5.94. The van der Waals surface area contributed by atoms with Gasteiger partial charge in [-0.15, -0.1) is 0 Å². The Hall–Kier alpha value is -6.25. The summed E-state index contributed by atoms with van der Waals surface area (Å²) in [6.07, 6.45) is 7.72. The second-order valence-corrected chi connectivity index (χ2v) is 12.0. The van der Waals surface area contributed by atoms with Crippen LogP contribution in [-0.2, 0) is 0 Å². The first-order chi connectivity index (χ1) is 23.7. The first kappa shape index (κ1) is 29.2. The van der Waals surface area contributed by atoms with Crippen LogP contribution < -0.4 is 0 Å². The van der Waals surface area contributed by atoms with Crippen molar-refractivity contribution in [3.63, 3.8) is 0 Å². The number of rotatable bonds is 7. The molecule has 0 spiro atoms. The summed E-state index contributed by atoms with van der Waals surface area (Å²) < 4.78 is 2.27. The molecule has 1 aromatic heterocycles. The Morgan fingerprint density at radius 1 is 0.562 bits per heavy atom. The van der Waals surface area contributed by atoms with E-state index in [1.54, 1.807) is 0 Å². The van der Waals surface area contributed by atoms with Crippen LogP contribution in [0, 0.1) is 0 Å². The monoisotopic (exact) mass is 614 g/mol. The largest absolute Gasteiger partial charge is 0.292 e. The van der Waals surface area contributed by atoms with Gasteiger partial charge in [0.25, 0.3) is 0 Å². The van der Waals surface area contributed by atoms with Crippen molar-refractivity contribution in [2.24, 2.45) is 0 Å². The van der Waals surface area contributed by atoms with Crippen molar-refractivity contribution in [1.82, 2.24) is 9.55 Å². The van der Waals surface area contributed by atoms with Crippen LogP contribution in [0.4, 0.5) is 0 Å². The molecule has 48 heavy (non-hydrogen) atoms. The van der Waals surface area contributed by atoms with Crippen molar-refractivity contribution in [3.8, 4) is 17.1 Å². The van der Waals surface area contributed by atoms with Gasteiger partial charge in [-0.1, -0.05) is 164 Å². The van der Waals surface area contributed by atoms with Gasteiger partial charge in [-0.2, -0.15) is 0 Å². The van der Waals surface area contributed by atoms with Gasteiger partial charge < -0.3 is 0 Å². The number of imidazole rings is 1. The number of aromatic nitrogens is 2. The molecule has 2 heteroatoms. The van der Waals surface area contributed by atoms with Gasteiger partial charge in [-0.05, 0) is 80.8 Å². The van der Waals surface area contributed by atoms with Gasteiger partial charge in [-0.3, -0.25) is 4.57 Å². The van der Waals surface area contributed by atoms with Crippen molar-refractivity contribution in [2.45, 2.75) is 6.42 Å². The molecule has 0 saturated heterocycles. The lowest BCUT2D eigenvalue weighted by molar-refractivity contribution is 1.10. The molecule has 228 valence electrons. The van der Waals surface area contributed by atoms with Gasteiger partial charge in [-0.25, -0.2) is 4.98 Å². The second kappa shape index (κ2) is 12.9. The summed E-state index contributed by atoms with van der Waals surface area (Å²) in [4.78, 5) is 5.06. The molecule has 0 N–H and O–H groups in total. The third-order valence-electron chi connectivity index (χ3n) is 9.04. The molecule has 0 saturated carbocycles. The van der Waals surface area contributed by atoms with Crippen LogP contribution in [0.25, 0.3) is 44.8 Å². The Bertz CT molecular complexity index is 2340. The smallest absolute Gasteiger partial charge is 0.145 e. The van der Waals surface area contributed by atoms with E-state index in [0.29, 0.717) is 0 Å². The average Bonchev–Trinajstić information content (AvgIpc) is 3.56. The quantitative estimate of drug-likeness (QED) is 0.175. The molecule has 1 aliphatic rings. The fraction of sp³-hybridized carbons (Fsp3) is 0.0217. The van der Waals surface area contributed by atoms with E-state index in [1.807, 2.05) is 12.1 Å². The van der Waals surface area contributed by atoms with E-state index in [4.69, 9.17) is 4.98 Å². The number of para-hydroxylation sites is 2. The molecule has 1 heterocycles. The number of hydrogen-bond donors (Lipinski definition) is 0. The van der Waals surface area contributed by atoms with Crippen molar-refractivity contribution in [2.75, 3.05) is 0 Å². The van der Waals surface area contributed by atoms with Crippen molar-refractivity contribution < 1.29 is 0 Å². The van der Waals surface area contributed by atoms with Crippen LogP contribution in [0.5, 0.6) is 0 Å². The second-order valence-electron chi connectivity index (χ2n) is 12.0. The normalized spacial score (nSPS) is 13.7. The molecular formula is C46H34N2. The predicted molar refractivity (Wildman–Crippen MR) is 202 cm³/mol. The van der Waals surface area contributed by atoms with Crippen LogP contribution >= 0.6 is 0 Å². The number of hydrogen-bond acceptors (Lipinski definition) is 1. The highest BCUT2D eigenvalue weighted by Gasteiger charge is 2.19. The molecule has 7 aromatic rings. The molecule has 2 nitrogen and oxygen atoms in total. The number of allylic oxidation sites excluding steroid dienone is 5. The summed E-state index contributed by atoms with van der Waals surface area (Å²) in [5.41, 5.74) is 14.7. The van der Waals surface area contributed by atoms with E-state index in [2.05, 4.69) is 181 Å². The molecule has 0 fully saturated rings. The van der Waals surface area contributed by atoms with E-state index >= 15 is 0 Å². The maximum Gasteiger partial charge on any atom is 0.145 e. The maximum atomic E-state index is 5.06. The molecule has 0 radical (unpaired) electrons.